The maximum absolute atomic E-state index is 12.5. The van der Waals surface area contributed by atoms with Crippen molar-refractivity contribution in [3.05, 3.63) is 72.1 Å². The smallest absolute Gasteiger partial charge is 0.253 e. The van der Waals surface area contributed by atoms with Gasteiger partial charge in [0.05, 0.1) is 35.8 Å². The Kier molecular flexibility index (Phi) is 10.4. The summed E-state index contributed by atoms with van der Waals surface area (Å²) in [5.41, 5.74) is 14.9. The highest BCUT2D eigenvalue weighted by Crippen LogP contribution is 2.28. The van der Waals surface area contributed by atoms with Crippen molar-refractivity contribution in [2.24, 2.45) is 22.4 Å². The first-order chi connectivity index (χ1) is 15.5. The van der Waals surface area contributed by atoms with Gasteiger partial charge in [-0.25, -0.2) is 4.98 Å². The Morgan fingerprint density at radius 2 is 2.16 bits per heavy atom. The molecule has 0 saturated heterocycles. The first-order valence-electron chi connectivity index (χ1n) is 11.2. The van der Waals surface area contributed by atoms with E-state index in [1.54, 1.807) is 29.1 Å². The van der Waals surface area contributed by atoms with Crippen LogP contribution in [0.3, 0.4) is 0 Å². The van der Waals surface area contributed by atoms with Gasteiger partial charge in [-0.05, 0) is 43.5 Å². The Bertz CT molecular complexity index is 992. The Morgan fingerprint density at radius 3 is 2.72 bits per heavy atom. The van der Waals surface area contributed by atoms with Crippen LogP contribution in [0.15, 0.2) is 71.5 Å². The molecule has 0 aliphatic heterocycles. The lowest BCUT2D eigenvalue weighted by Crippen LogP contribution is -2.26. The number of amides is 1. The molecule has 1 fully saturated rings. The molecule has 5 N–H and O–H groups in total. The van der Waals surface area contributed by atoms with Gasteiger partial charge in [-0.3, -0.25) is 9.79 Å². The minimum Gasteiger partial charge on any atom is -0.403 e. The molecule has 1 aliphatic carbocycles. The number of carbonyl (C=O) groups is 1. The van der Waals surface area contributed by atoms with Crippen LogP contribution in [-0.4, -0.2) is 34.1 Å². The van der Waals surface area contributed by atoms with Crippen molar-refractivity contribution < 1.29 is 4.79 Å². The highest BCUT2D eigenvalue weighted by atomic mass is 16.1. The van der Waals surface area contributed by atoms with Gasteiger partial charge in [0.25, 0.3) is 5.91 Å². The number of hydrogen-bond acceptors (Lipinski definition) is 5. The largest absolute Gasteiger partial charge is 0.403 e. The Balaban J connectivity index is 0.000000520. The van der Waals surface area contributed by atoms with Gasteiger partial charge in [0, 0.05) is 24.7 Å². The molecule has 0 spiro atoms. The average Bonchev–Trinajstić information content (AvgIpc) is 3.25. The van der Waals surface area contributed by atoms with Gasteiger partial charge < -0.3 is 21.2 Å². The van der Waals surface area contributed by atoms with Gasteiger partial charge in [-0.1, -0.05) is 44.8 Å². The maximum atomic E-state index is 12.5. The van der Waals surface area contributed by atoms with Crippen molar-refractivity contribution in [2.75, 3.05) is 13.1 Å². The van der Waals surface area contributed by atoms with Crippen molar-refractivity contribution in [1.29, 1.82) is 0 Å². The predicted molar refractivity (Wildman–Crippen MR) is 132 cm³/mol. The van der Waals surface area contributed by atoms with Crippen molar-refractivity contribution in [2.45, 2.75) is 46.5 Å². The van der Waals surface area contributed by atoms with E-state index in [9.17, 15) is 4.79 Å². The molecule has 7 nitrogen and oxygen atoms in total. The molecular weight excluding hydrogens is 400 g/mol. The van der Waals surface area contributed by atoms with Gasteiger partial charge in [0.15, 0.2) is 0 Å². The summed E-state index contributed by atoms with van der Waals surface area (Å²) in [5, 5.41) is 2.83. The number of nitrogens with two attached hydrogens (primary N) is 2. The number of rotatable bonds is 8. The van der Waals surface area contributed by atoms with E-state index in [1.807, 2.05) is 38.3 Å². The minimum absolute atomic E-state index is 0.210. The molecule has 0 unspecified atom stereocenters. The molecular formula is C25H36N6O. The number of aromatic nitrogens is 2. The molecule has 32 heavy (non-hydrogen) atoms. The minimum atomic E-state index is -0.210. The summed E-state index contributed by atoms with van der Waals surface area (Å²) in [7, 11) is 0. The third-order valence-corrected chi connectivity index (χ3v) is 5.59. The normalized spacial score (nSPS) is 15.4. The third kappa shape index (κ3) is 7.50. The molecule has 2 aromatic heterocycles. The summed E-state index contributed by atoms with van der Waals surface area (Å²) in [6, 6.07) is 3.55. The van der Waals surface area contributed by atoms with Crippen LogP contribution in [0.5, 0.6) is 0 Å². The number of fused-ring (bicyclic) bond motifs is 1. The second-order valence-corrected chi connectivity index (χ2v) is 7.81. The molecule has 0 radical (unpaired) electrons. The molecule has 2 aromatic rings. The van der Waals surface area contributed by atoms with E-state index < -0.39 is 0 Å². The zero-order chi connectivity index (χ0) is 23.3. The first kappa shape index (κ1) is 25.1. The Hall–Kier alpha value is -3.19. The number of carbonyl (C=O) groups excluding carboxylic acids is 1. The lowest BCUT2D eigenvalue weighted by atomic mass is 9.84. The molecule has 0 aromatic carbocycles. The number of allylic oxidation sites excluding steroid dienone is 2. The lowest BCUT2D eigenvalue weighted by molar-refractivity contribution is 0.0958. The number of pyridine rings is 1. The monoisotopic (exact) mass is 436 g/mol. The SMILES string of the molecule is CCC1CCC1.C\C=C(/C=C\C(C)=N\C(=C/N)CNC(=O)c1cccn2cncc12)CN. The predicted octanol–water partition coefficient (Wildman–Crippen LogP) is 3.98. The fourth-order valence-electron chi connectivity index (χ4n) is 3.22. The van der Waals surface area contributed by atoms with Crippen LogP contribution in [0, 0.1) is 5.92 Å². The van der Waals surface area contributed by atoms with Crippen LogP contribution >= 0.6 is 0 Å². The van der Waals surface area contributed by atoms with Crippen molar-refractivity contribution in [1.82, 2.24) is 14.7 Å². The quantitative estimate of drug-likeness (QED) is 0.429. The summed E-state index contributed by atoms with van der Waals surface area (Å²) in [6.07, 6.45) is 18.2. The van der Waals surface area contributed by atoms with E-state index >= 15 is 0 Å². The number of nitrogens with zero attached hydrogens (tertiary/aromatic N) is 3. The molecule has 1 aliphatic rings. The average molecular weight is 437 g/mol. The van der Waals surface area contributed by atoms with Crippen LogP contribution in [-0.2, 0) is 0 Å². The summed E-state index contributed by atoms with van der Waals surface area (Å²) < 4.78 is 1.79. The molecule has 2 heterocycles. The molecule has 7 heteroatoms. The molecule has 1 amide bonds. The van der Waals surface area contributed by atoms with Crippen molar-refractivity contribution in [3.63, 3.8) is 0 Å². The first-order valence-corrected chi connectivity index (χ1v) is 11.2. The molecule has 172 valence electrons. The number of hydrogen-bond donors (Lipinski definition) is 3. The summed E-state index contributed by atoms with van der Waals surface area (Å²) >= 11 is 0. The van der Waals surface area contributed by atoms with Crippen LogP contribution in [0.1, 0.15) is 56.8 Å². The standard InChI is InChI=1S/C19H24N6O.C6H12/c1-3-15(9-20)7-6-14(2)24-16(10-21)11-23-19(26)17-5-4-8-25-13-22-12-18(17)25;1-2-6-4-3-5-6/h3-8,10,12-13H,9,11,20-21H2,1-2H3,(H,23,26);6H,2-5H2,1H3/b7-6-,15-3+,16-10-,24-14+;. The zero-order valence-corrected chi connectivity index (χ0v) is 19.4. The highest BCUT2D eigenvalue weighted by molar-refractivity contribution is 6.00. The zero-order valence-electron chi connectivity index (χ0n) is 19.4. The summed E-state index contributed by atoms with van der Waals surface area (Å²) in [5.74, 6) is 0.906. The van der Waals surface area contributed by atoms with Crippen LogP contribution in [0.2, 0.25) is 0 Å². The van der Waals surface area contributed by atoms with E-state index in [-0.39, 0.29) is 12.5 Å². The number of nitrogens with one attached hydrogen (secondary N) is 1. The van der Waals surface area contributed by atoms with E-state index in [1.165, 1.54) is 31.9 Å². The molecule has 1 saturated carbocycles. The fraction of sp³-hybridized carbons (Fsp3) is 0.400. The second kappa shape index (κ2) is 13.3. The Morgan fingerprint density at radius 1 is 1.38 bits per heavy atom. The summed E-state index contributed by atoms with van der Waals surface area (Å²) in [4.78, 5) is 20.9. The van der Waals surface area contributed by atoms with Gasteiger partial charge >= 0.3 is 0 Å². The second-order valence-electron chi connectivity index (χ2n) is 7.81. The molecule has 0 bridgehead atoms. The third-order valence-electron chi connectivity index (χ3n) is 5.59. The van der Waals surface area contributed by atoms with Gasteiger partial charge in [-0.2, -0.15) is 0 Å². The topological polar surface area (TPSA) is 111 Å². The number of aliphatic imine (C=N–C) groups is 1. The van der Waals surface area contributed by atoms with Gasteiger partial charge in [-0.15, -0.1) is 0 Å². The maximum Gasteiger partial charge on any atom is 0.253 e. The van der Waals surface area contributed by atoms with E-state index in [0.717, 1.165) is 22.7 Å². The van der Waals surface area contributed by atoms with Crippen molar-refractivity contribution in [3.8, 4) is 0 Å². The van der Waals surface area contributed by atoms with E-state index in [2.05, 4.69) is 22.2 Å². The fourth-order valence-corrected chi connectivity index (χ4v) is 3.22. The van der Waals surface area contributed by atoms with E-state index in [0.29, 0.717) is 17.8 Å². The molecule has 0 atom stereocenters. The number of imidazole rings is 1. The van der Waals surface area contributed by atoms with E-state index in [4.69, 9.17) is 11.5 Å². The van der Waals surface area contributed by atoms with Gasteiger partial charge in [0.2, 0.25) is 0 Å². The molecule has 3 rings (SSSR count). The highest BCUT2D eigenvalue weighted by Gasteiger charge is 2.13. The van der Waals surface area contributed by atoms with Gasteiger partial charge in [0.1, 0.15) is 0 Å². The van der Waals surface area contributed by atoms with Crippen LogP contribution in [0.4, 0.5) is 0 Å². The summed E-state index contributed by atoms with van der Waals surface area (Å²) in [6.45, 7) is 6.77. The van der Waals surface area contributed by atoms with Crippen LogP contribution in [0.25, 0.3) is 5.52 Å². The van der Waals surface area contributed by atoms with Crippen LogP contribution < -0.4 is 16.8 Å². The van der Waals surface area contributed by atoms with Crippen molar-refractivity contribution >= 4 is 17.1 Å². The lowest BCUT2D eigenvalue weighted by Gasteiger charge is -2.22. The Labute approximate surface area is 191 Å².